The lowest BCUT2D eigenvalue weighted by molar-refractivity contribution is -0.152. The number of carbonyl (C=O) groups excluding carboxylic acids is 1. The van der Waals surface area contributed by atoms with Crippen molar-refractivity contribution in [3.63, 3.8) is 0 Å². The van der Waals surface area contributed by atoms with E-state index in [0.717, 1.165) is 0 Å². The zero-order valence-corrected chi connectivity index (χ0v) is 12.4. The summed E-state index contributed by atoms with van der Waals surface area (Å²) in [4.78, 5) is 37.0. The van der Waals surface area contributed by atoms with E-state index in [4.69, 9.17) is 0 Å². The molecule has 0 aliphatic carbocycles. The SMILES string of the molecule is CC[C@@]1(C(=O)O)CCCN(C(=O)c2nc3ncccc3[nH]2)C1. The molecule has 7 heteroatoms. The number of hydrogen-bond acceptors (Lipinski definition) is 4. The molecule has 1 atom stereocenters. The maximum absolute atomic E-state index is 12.6. The summed E-state index contributed by atoms with van der Waals surface area (Å²) in [6.07, 6.45) is 3.41. The quantitative estimate of drug-likeness (QED) is 0.898. The molecule has 7 nitrogen and oxygen atoms in total. The topological polar surface area (TPSA) is 99.2 Å². The molecule has 0 spiro atoms. The van der Waals surface area contributed by atoms with Gasteiger partial charge in [0.15, 0.2) is 11.5 Å². The van der Waals surface area contributed by atoms with E-state index < -0.39 is 11.4 Å². The third-order valence-electron chi connectivity index (χ3n) is 4.45. The molecule has 22 heavy (non-hydrogen) atoms. The minimum atomic E-state index is -0.849. The first-order valence-electron chi connectivity index (χ1n) is 7.39. The van der Waals surface area contributed by atoms with E-state index in [1.54, 1.807) is 23.2 Å². The molecule has 2 aromatic heterocycles. The van der Waals surface area contributed by atoms with E-state index in [0.29, 0.717) is 37.0 Å². The molecule has 0 bridgehead atoms. The molecular weight excluding hydrogens is 284 g/mol. The van der Waals surface area contributed by atoms with Gasteiger partial charge in [0.25, 0.3) is 5.91 Å². The van der Waals surface area contributed by atoms with Crippen LogP contribution in [0.3, 0.4) is 0 Å². The van der Waals surface area contributed by atoms with Crippen LogP contribution in [0.15, 0.2) is 18.3 Å². The predicted octanol–water partition coefficient (Wildman–Crippen LogP) is 1.67. The van der Waals surface area contributed by atoms with Crippen molar-refractivity contribution < 1.29 is 14.7 Å². The number of carbonyl (C=O) groups is 2. The number of likely N-dealkylation sites (tertiary alicyclic amines) is 1. The van der Waals surface area contributed by atoms with E-state index in [1.807, 2.05) is 6.92 Å². The van der Waals surface area contributed by atoms with Crippen molar-refractivity contribution >= 4 is 23.0 Å². The smallest absolute Gasteiger partial charge is 0.311 e. The summed E-state index contributed by atoms with van der Waals surface area (Å²) < 4.78 is 0. The van der Waals surface area contributed by atoms with Crippen molar-refractivity contribution in [2.45, 2.75) is 26.2 Å². The summed E-state index contributed by atoms with van der Waals surface area (Å²) in [6.45, 7) is 2.63. The monoisotopic (exact) mass is 302 g/mol. The Morgan fingerprint density at radius 2 is 2.32 bits per heavy atom. The number of fused-ring (bicyclic) bond motifs is 1. The van der Waals surface area contributed by atoms with Gasteiger partial charge < -0.3 is 15.0 Å². The molecule has 1 aliphatic heterocycles. The van der Waals surface area contributed by atoms with Crippen molar-refractivity contribution in [3.05, 3.63) is 24.2 Å². The van der Waals surface area contributed by atoms with Crippen LogP contribution in [0.5, 0.6) is 0 Å². The van der Waals surface area contributed by atoms with Gasteiger partial charge in [0.05, 0.1) is 10.9 Å². The van der Waals surface area contributed by atoms with E-state index in [2.05, 4.69) is 15.0 Å². The number of hydrogen-bond donors (Lipinski definition) is 2. The number of piperidine rings is 1. The highest BCUT2D eigenvalue weighted by molar-refractivity contribution is 5.94. The van der Waals surface area contributed by atoms with Gasteiger partial charge >= 0.3 is 5.97 Å². The van der Waals surface area contributed by atoms with Gasteiger partial charge in [0.1, 0.15) is 0 Å². The maximum Gasteiger partial charge on any atom is 0.311 e. The Balaban J connectivity index is 1.86. The summed E-state index contributed by atoms with van der Waals surface area (Å²) in [7, 11) is 0. The molecule has 0 unspecified atom stereocenters. The first-order valence-corrected chi connectivity index (χ1v) is 7.39. The van der Waals surface area contributed by atoms with Crippen molar-refractivity contribution in [2.75, 3.05) is 13.1 Å². The number of aromatic amines is 1. The third kappa shape index (κ3) is 2.32. The van der Waals surface area contributed by atoms with Gasteiger partial charge in [-0.1, -0.05) is 6.92 Å². The third-order valence-corrected chi connectivity index (χ3v) is 4.45. The Hall–Kier alpha value is -2.44. The number of carboxylic acid groups (broad SMARTS) is 1. The number of aromatic nitrogens is 3. The fraction of sp³-hybridized carbons (Fsp3) is 0.467. The second kappa shape index (κ2) is 5.40. The number of H-pyrrole nitrogens is 1. The Bertz CT molecular complexity index is 693. The maximum atomic E-state index is 12.6. The highest BCUT2D eigenvalue weighted by atomic mass is 16.4. The fourth-order valence-corrected chi connectivity index (χ4v) is 3.02. The Morgan fingerprint density at radius 1 is 1.50 bits per heavy atom. The average Bonchev–Trinajstić information content (AvgIpc) is 2.98. The number of imidazole rings is 1. The van der Waals surface area contributed by atoms with Crippen LogP contribution in [0.2, 0.25) is 0 Å². The molecule has 0 aromatic carbocycles. The van der Waals surface area contributed by atoms with Crippen LogP contribution in [0.1, 0.15) is 36.8 Å². The van der Waals surface area contributed by atoms with Gasteiger partial charge in [-0.3, -0.25) is 9.59 Å². The number of pyridine rings is 1. The van der Waals surface area contributed by atoms with Crippen LogP contribution < -0.4 is 0 Å². The van der Waals surface area contributed by atoms with Crippen LogP contribution >= 0.6 is 0 Å². The lowest BCUT2D eigenvalue weighted by atomic mass is 9.77. The van der Waals surface area contributed by atoms with Crippen LogP contribution in [0.25, 0.3) is 11.2 Å². The van der Waals surface area contributed by atoms with Crippen molar-refractivity contribution in [1.82, 2.24) is 19.9 Å². The number of aliphatic carboxylic acids is 1. The Morgan fingerprint density at radius 3 is 3.00 bits per heavy atom. The fourth-order valence-electron chi connectivity index (χ4n) is 3.02. The molecule has 1 amide bonds. The van der Waals surface area contributed by atoms with Crippen LogP contribution in [-0.4, -0.2) is 49.9 Å². The van der Waals surface area contributed by atoms with Crippen molar-refractivity contribution in [2.24, 2.45) is 5.41 Å². The standard InChI is InChI=1S/C15H18N4O3/c1-2-15(14(21)22)6-4-8-19(9-15)13(20)12-17-10-5-3-7-16-11(10)18-12/h3,5,7H,2,4,6,8-9H2,1H3,(H,21,22)(H,16,17,18)/t15-/m1/s1. The van der Waals surface area contributed by atoms with Crippen molar-refractivity contribution in [3.8, 4) is 0 Å². The zero-order valence-electron chi connectivity index (χ0n) is 12.4. The highest BCUT2D eigenvalue weighted by Gasteiger charge is 2.42. The normalized spacial score (nSPS) is 22.0. The average molecular weight is 302 g/mol. The van der Waals surface area contributed by atoms with Gasteiger partial charge in [-0.25, -0.2) is 9.97 Å². The highest BCUT2D eigenvalue weighted by Crippen LogP contribution is 2.34. The molecule has 1 fully saturated rings. The molecular formula is C15H18N4O3. The van der Waals surface area contributed by atoms with E-state index in [1.165, 1.54) is 0 Å². The van der Waals surface area contributed by atoms with Gasteiger partial charge in [-0.05, 0) is 31.4 Å². The minimum Gasteiger partial charge on any atom is -0.481 e. The number of rotatable bonds is 3. The molecule has 0 radical (unpaired) electrons. The largest absolute Gasteiger partial charge is 0.481 e. The lowest BCUT2D eigenvalue weighted by Crippen LogP contribution is -2.49. The van der Waals surface area contributed by atoms with Gasteiger partial charge in [-0.2, -0.15) is 0 Å². The first-order chi connectivity index (χ1) is 10.6. The Labute approximate surface area is 127 Å². The number of nitrogens with one attached hydrogen (secondary N) is 1. The summed E-state index contributed by atoms with van der Waals surface area (Å²) >= 11 is 0. The van der Waals surface area contributed by atoms with Gasteiger partial charge in [0, 0.05) is 19.3 Å². The van der Waals surface area contributed by atoms with Crippen LogP contribution in [0, 0.1) is 5.41 Å². The van der Waals surface area contributed by atoms with E-state index in [-0.39, 0.29) is 18.3 Å². The Kier molecular flexibility index (Phi) is 3.56. The van der Waals surface area contributed by atoms with Crippen molar-refractivity contribution in [1.29, 1.82) is 0 Å². The molecule has 1 saturated heterocycles. The molecule has 2 N–H and O–H groups in total. The molecule has 0 saturated carbocycles. The lowest BCUT2D eigenvalue weighted by Gasteiger charge is -2.39. The van der Waals surface area contributed by atoms with E-state index in [9.17, 15) is 14.7 Å². The number of carboxylic acids is 1. The molecule has 3 rings (SSSR count). The summed E-state index contributed by atoms with van der Waals surface area (Å²) in [5.41, 5.74) is 0.337. The summed E-state index contributed by atoms with van der Waals surface area (Å²) in [5.74, 6) is -0.887. The second-order valence-electron chi connectivity index (χ2n) is 5.73. The van der Waals surface area contributed by atoms with Crippen LogP contribution in [-0.2, 0) is 4.79 Å². The first kappa shape index (κ1) is 14.5. The predicted molar refractivity (Wildman–Crippen MR) is 79.4 cm³/mol. The molecule has 2 aromatic rings. The van der Waals surface area contributed by atoms with Gasteiger partial charge in [-0.15, -0.1) is 0 Å². The van der Waals surface area contributed by atoms with E-state index >= 15 is 0 Å². The summed E-state index contributed by atoms with van der Waals surface area (Å²) in [5, 5.41) is 9.50. The zero-order chi connectivity index (χ0) is 15.7. The molecule has 1 aliphatic rings. The van der Waals surface area contributed by atoms with Gasteiger partial charge in [0.2, 0.25) is 0 Å². The molecule has 116 valence electrons. The second-order valence-corrected chi connectivity index (χ2v) is 5.73. The number of amides is 1. The van der Waals surface area contributed by atoms with Crippen LogP contribution in [0.4, 0.5) is 0 Å². The minimum absolute atomic E-state index is 0.214. The summed E-state index contributed by atoms with van der Waals surface area (Å²) in [6, 6.07) is 3.57. The number of nitrogens with zero attached hydrogens (tertiary/aromatic N) is 3. The molecule has 3 heterocycles.